The van der Waals surface area contributed by atoms with Crippen molar-refractivity contribution in [3.8, 4) is 0 Å². The van der Waals surface area contributed by atoms with Gasteiger partial charge in [0.1, 0.15) is 11.6 Å². The first-order chi connectivity index (χ1) is 15.3. The summed E-state index contributed by atoms with van der Waals surface area (Å²) in [6.45, 7) is 10.6. The molecule has 1 saturated carbocycles. The van der Waals surface area contributed by atoms with Crippen LogP contribution in [0, 0.1) is 19.3 Å². The highest BCUT2D eigenvalue weighted by Gasteiger charge is 2.32. The largest absolute Gasteiger partial charge is 0.404 e. The Hall–Kier alpha value is -2.61. The van der Waals surface area contributed by atoms with Crippen molar-refractivity contribution in [3.63, 3.8) is 0 Å². The Bertz CT molecular complexity index is 1040. The molecule has 0 aromatic carbocycles. The van der Waals surface area contributed by atoms with Crippen molar-refractivity contribution < 1.29 is 4.74 Å². The lowest BCUT2D eigenvalue weighted by Crippen LogP contribution is -2.44. The zero-order valence-corrected chi connectivity index (χ0v) is 19.9. The van der Waals surface area contributed by atoms with Gasteiger partial charge in [0, 0.05) is 37.5 Å². The molecule has 0 amide bonds. The van der Waals surface area contributed by atoms with Crippen LogP contribution >= 0.6 is 0 Å². The SMILES string of the molecule is CN=C/C(=C\N)[C@H]1CN(c2nc(C3CCC(C)(C)CC3)c3nc(C)c(C)nc3n2)CCO1. The summed E-state index contributed by atoms with van der Waals surface area (Å²) in [7, 11) is 1.73. The highest BCUT2D eigenvalue weighted by atomic mass is 16.5. The van der Waals surface area contributed by atoms with Crippen LogP contribution in [0.15, 0.2) is 16.8 Å². The molecule has 2 N–H and O–H groups in total. The quantitative estimate of drug-likeness (QED) is 0.731. The summed E-state index contributed by atoms with van der Waals surface area (Å²) in [5.41, 5.74) is 11.5. The zero-order chi connectivity index (χ0) is 22.9. The molecule has 1 saturated heterocycles. The van der Waals surface area contributed by atoms with Crippen LogP contribution in [-0.2, 0) is 4.74 Å². The first-order valence-electron chi connectivity index (χ1n) is 11.5. The number of morpholine rings is 1. The van der Waals surface area contributed by atoms with Gasteiger partial charge in [0.25, 0.3) is 0 Å². The summed E-state index contributed by atoms with van der Waals surface area (Å²) < 4.78 is 5.96. The van der Waals surface area contributed by atoms with Crippen LogP contribution in [-0.4, -0.2) is 59.0 Å². The molecule has 0 bridgehead atoms. The van der Waals surface area contributed by atoms with E-state index in [1.54, 1.807) is 19.5 Å². The van der Waals surface area contributed by atoms with Gasteiger partial charge in [-0.25, -0.2) is 15.0 Å². The lowest BCUT2D eigenvalue weighted by molar-refractivity contribution is 0.0673. The van der Waals surface area contributed by atoms with E-state index >= 15 is 0 Å². The number of fused-ring (bicyclic) bond motifs is 1. The highest BCUT2D eigenvalue weighted by molar-refractivity contribution is 5.80. The predicted octanol–water partition coefficient (Wildman–Crippen LogP) is 3.47. The van der Waals surface area contributed by atoms with Crippen molar-refractivity contribution in [2.75, 3.05) is 31.6 Å². The number of nitrogens with zero attached hydrogens (tertiary/aromatic N) is 6. The Balaban J connectivity index is 1.73. The van der Waals surface area contributed by atoms with E-state index in [4.69, 9.17) is 30.4 Å². The molecule has 1 aliphatic carbocycles. The van der Waals surface area contributed by atoms with Crippen molar-refractivity contribution >= 4 is 23.3 Å². The number of anilines is 1. The van der Waals surface area contributed by atoms with Crippen molar-refractivity contribution in [2.24, 2.45) is 16.1 Å². The van der Waals surface area contributed by atoms with E-state index in [1.165, 1.54) is 12.8 Å². The normalized spacial score (nSPS) is 22.7. The van der Waals surface area contributed by atoms with E-state index in [0.29, 0.717) is 36.1 Å². The molecule has 2 fully saturated rings. The van der Waals surface area contributed by atoms with E-state index in [9.17, 15) is 0 Å². The molecule has 2 aliphatic rings. The van der Waals surface area contributed by atoms with E-state index < -0.39 is 0 Å². The Labute approximate surface area is 190 Å². The van der Waals surface area contributed by atoms with Crippen molar-refractivity contribution in [3.05, 3.63) is 28.9 Å². The molecule has 172 valence electrons. The fourth-order valence-corrected chi connectivity index (χ4v) is 4.64. The average Bonchev–Trinajstić information content (AvgIpc) is 2.78. The second-order valence-electron chi connectivity index (χ2n) is 9.77. The number of nitrogens with two attached hydrogens (primary N) is 1. The van der Waals surface area contributed by atoms with E-state index in [0.717, 1.165) is 47.6 Å². The van der Waals surface area contributed by atoms with Gasteiger partial charge < -0.3 is 15.4 Å². The van der Waals surface area contributed by atoms with Crippen LogP contribution in [0.3, 0.4) is 0 Å². The number of hydrogen-bond donors (Lipinski definition) is 1. The third kappa shape index (κ3) is 4.60. The van der Waals surface area contributed by atoms with Gasteiger partial charge in [0.2, 0.25) is 5.95 Å². The third-order valence-corrected chi connectivity index (χ3v) is 6.88. The van der Waals surface area contributed by atoms with Gasteiger partial charge >= 0.3 is 0 Å². The molecular formula is C24H35N7O. The molecule has 0 radical (unpaired) electrons. The molecule has 3 heterocycles. The maximum Gasteiger partial charge on any atom is 0.227 e. The highest BCUT2D eigenvalue weighted by Crippen LogP contribution is 2.43. The molecule has 32 heavy (non-hydrogen) atoms. The van der Waals surface area contributed by atoms with Crippen LogP contribution in [0.4, 0.5) is 5.95 Å². The number of ether oxygens (including phenoxy) is 1. The topological polar surface area (TPSA) is 102 Å². The molecular weight excluding hydrogens is 402 g/mol. The molecule has 0 unspecified atom stereocenters. The molecule has 1 atom stereocenters. The zero-order valence-electron chi connectivity index (χ0n) is 19.9. The monoisotopic (exact) mass is 437 g/mol. The van der Waals surface area contributed by atoms with E-state index in [2.05, 4.69) is 23.7 Å². The summed E-state index contributed by atoms with van der Waals surface area (Å²) in [5, 5.41) is 0. The van der Waals surface area contributed by atoms with Gasteiger partial charge in [-0.1, -0.05) is 13.8 Å². The average molecular weight is 438 g/mol. The van der Waals surface area contributed by atoms with Crippen molar-refractivity contribution in [1.82, 2.24) is 19.9 Å². The number of aliphatic imine (C=N–C) groups is 1. The predicted molar refractivity (Wildman–Crippen MR) is 128 cm³/mol. The second kappa shape index (κ2) is 9.10. The second-order valence-corrected chi connectivity index (χ2v) is 9.77. The van der Waals surface area contributed by atoms with Gasteiger partial charge in [-0.15, -0.1) is 0 Å². The van der Waals surface area contributed by atoms with Gasteiger partial charge in [-0.2, -0.15) is 4.98 Å². The van der Waals surface area contributed by atoms with Gasteiger partial charge in [0.05, 0.1) is 30.2 Å². The fourth-order valence-electron chi connectivity index (χ4n) is 4.64. The summed E-state index contributed by atoms with van der Waals surface area (Å²) in [6.07, 6.45) is 7.77. The third-order valence-electron chi connectivity index (χ3n) is 6.88. The summed E-state index contributed by atoms with van der Waals surface area (Å²) in [6, 6.07) is 0. The van der Waals surface area contributed by atoms with Crippen molar-refractivity contribution in [2.45, 2.75) is 65.4 Å². The Morgan fingerprint density at radius 2 is 1.84 bits per heavy atom. The maximum absolute atomic E-state index is 5.96. The molecule has 2 aromatic rings. The molecule has 1 aliphatic heterocycles. The van der Waals surface area contributed by atoms with Crippen LogP contribution < -0.4 is 10.6 Å². The van der Waals surface area contributed by atoms with Gasteiger partial charge in [-0.3, -0.25) is 4.99 Å². The smallest absolute Gasteiger partial charge is 0.227 e. The molecule has 0 spiro atoms. The summed E-state index contributed by atoms with van der Waals surface area (Å²) in [4.78, 5) is 25.9. The minimum Gasteiger partial charge on any atom is -0.404 e. The Morgan fingerprint density at radius 1 is 1.12 bits per heavy atom. The van der Waals surface area contributed by atoms with Crippen LogP contribution in [0.25, 0.3) is 11.2 Å². The molecule has 4 rings (SSSR count). The van der Waals surface area contributed by atoms with Gasteiger partial charge in [-0.05, 0) is 44.9 Å². The Morgan fingerprint density at radius 3 is 2.53 bits per heavy atom. The molecule has 8 nitrogen and oxygen atoms in total. The summed E-state index contributed by atoms with van der Waals surface area (Å²) >= 11 is 0. The molecule has 2 aromatic heterocycles. The maximum atomic E-state index is 5.96. The number of hydrogen-bond acceptors (Lipinski definition) is 8. The summed E-state index contributed by atoms with van der Waals surface area (Å²) in [5.74, 6) is 1.08. The number of aromatic nitrogens is 4. The standard InChI is InChI=1S/C24H35N7O/c1-15-16(2)28-22-21(27-15)20(17-6-8-24(3,4)9-7-17)29-23(30-22)31-10-11-32-19(14-31)18(12-25)13-26-5/h12-13,17,19H,6-11,14,25H2,1-5H3/b18-12+,26-13?/t19-/m1/s1. The Kier molecular flexibility index (Phi) is 6.42. The number of aryl methyl sites for hydroxylation is 2. The first kappa shape index (κ1) is 22.6. The minimum absolute atomic E-state index is 0.165. The van der Waals surface area contributed by atoms with Crippen LogP contribution in [0.2, 0.25) is 0 Å². The first-order valence-corrected chi connectivity index (χ1v) is 11.5. The van der Waals surface area contributed by atoms with Crippen molar-refractivity contribution in [1.29, 1.82) is 0 Å². The van der Waals surface area contributed by atoms with Gasteiger partial charge in [0.15, 0.2) is 5.65 Å². The lowest BCUT2D eigenvalue weighted by Gasteiger charge is -2.35. The fraction of sp³-hybridized carbons (Fsp3) is 0.625. The number of rotatable bonds is 4. The molecule has 8 heteroatoms. The van der Waals surface area contributed by atoms with E-state index in [1.807, 2.05) is 13.8 Å². The van der Waals surface area contributed by atoms with Crippen LogP contribution in [0.1, 0.15) is 62.5 Å². The lowest BCUT2D eigenvalue weighted by atomic mass is 9.72. The van der Waals surface area contributed by atoms with Crippen LogP contribution in [0.5, 0.6) is 0 Å². The minimum atomic E-state index is -0.165. The van der Waals surface area contributed by atoms with E-state index in [-0.39, 0.29) is 6.10 Å².